The van der Waals surface area contributed by atoms with Crippen LogP contribution in [0, 0.1) is 5.92 Å². The molecule has 2 saturated heterocycles. The summed E-state index contributed by atoms with van der Waals surface area (Å²) in [7, 11) is 2.11. The van der Waals surface area contributed by atoms with Crippen molar-refractivity contribution in [1.82, 2.24) is 15.1 Å². The van der Waals surface area contributed by atoms with Crippen molar-refractivity contribution in [3.63, 3.8) is 0 Å². The molecule has 0 atom stereocenters. The largest absolute Gasteiger partial charge is 0.336 e. The van der Waals surface area contributed by atoms with Crippen LogP contribution in [0.2, 0.25) is 0 Å². The van der Waals surface area contributed by atoms with Gasteiger partial charge in [-0.3, -0.25) is 4.79 Å². The van der Waals surface area contributed by atoms with Gasteiger partial charge in [-0.05, 0) is 69.4 Å². The zero-order chi connectivity index (χ0) is 17.5. The third kappa shape index (κ3) is 5.55. The second kappa shape index (κ2) is 9.35. The molecule has 2 fully saturated rings. The van der Waals surface area contributed by atoms with Crippen LogP contribution in [0.4, 0.5) is 0 Å². The Morgan fingerprint density at radius 2 is 1.72 bits per heavy atom. The molecule has 0 spiro atoms. The Morgan fingerprint density at radius 1 is 1.04 bits per heavy atom. The van der Waals surface area contributed by atoms with Crippen molar-refractivity contribution in [3.8, 4) is 0 Å². The van der Waals surface area contributed by atoms with E-state index in [2.05, 4.69) is 29.4 Å². The third-order valence-corrected chi connectivity index (χ3v) is 5.78. The van der Waals surface area contributed by atoms with Crippen LogP contribution in [-0.2, 0) is 6.42 Å². The maximum Gasteiger partial charge on any atom is 0.253 e. The van der Waals surface area contributed by atoms with E-state index in [9.17, 15) is 4.79 Å². The number of rotatable bonds is 6. The highest BCUT2D eigenvalue weighted by atomic mass is 16.2. The molecule has 1 amide bonds. The van der Waals surface area contributed by atoms with E-state index in [4.69, 9.17) is 0 Å². The second-order valence-corrected chi connectivity index (χ2v) is 7.73. The van der Waals surface area contributed by atoms with E-state index in [0.717, 1.165) is 44.1 Å². The fourth-order valence-corrected chi connectivity index (χ4v) is 3.94. The van der Waals surface area contributed by atoms with Gasteiger partial charge in [-0.15, -0.1) is 0 Å². The van der Waals surface area contributed by atoms with Gasteiger partial charge in [0.2, 0.25) is 0 Å². The van der Waals surface area contributed by atoms with Gasteiger partial charge in [0, 0.05) is 31.7 Å². The van der Waals surface area contributed by atoms with Crippen molar-refractivity contribution < 1.29 is 4.79 Å². The van der Waals surface area contributed by atoms with Gasteiger partial charge in [-0.25, -0.2) is 0 Å². The Bertz CT molecular complexity index is 529. The minimum atomic E-state index is 0.186. The summed E-state index contributed by atoms with van der Waals surface area (Å²) in [6, 6.07) is 8.33. The van der Waals surface area contributed by atoms with E-state index < -0.39 is 0 Å². The van der Waals surface area contributed by atoms with Gasteiger partial charge < -0.3 is 15.1 Å². The molecule has 1 aromatic rings. The van der Waals surface area contributed by atoms with Gasteiger partial charge >= 0.3 is 0 Å². The summed E-state index contributed by atoms with van der Waals surface area (Å²) < 4.78 is 0. The molecule has 0 saturated carbocycles. The molecule has 0 aliphatic carbocycles. The lowest BCUT2D eigenvalue weighted by atomic mass is 9.92. The van der Waals surface area contributed by atoms with Crippen molar-refractivity contribution in [3.05, 3.63) is 35.4 Å². The monoisotopic (exact) mass is 343 g/mol. The molecule has 138 valence electrons. The minimum absolute atomic E-state index is 0.186. The fourth-order valence-electron chi connectivity index (χ4n) is 3.94. The first-order chi connectivity index (χ1) is 12.2. The van der Waals surface area contributed by atoms with Crippen molar-refractivity contribution in [2.75, 3.05) is 46.3 Å². The van der Waals surface area contributed by atoms with Crippen LogP contribution in [0.25, 0.3) is 0 Å². The van der Waals surface area contributed by atoms with E-state index in [1.165, 1.54) is 50.8 Å². The van der Waals surface area contributed by atoms with Gasteiger partial charge in [0.15, 0.2) is 0 Å². The molecule has 3 rings (SSSR count). The minimum Gasteiger partial charge on any atom is -0.336 e. The summed E-state index contributed by atoms with van der Waals surface area (Å²) in [6.45, 7) is 6.03. The fraction of sp³-hybridized carbons (Fsp3) is 0.667. The molecule has 0 unspecified atom stereocenters. The number of unbranched alkanes of at least 4 members (excludes halogenated alkanes) is 1. The molecule has 0 aromatic heterocycles. The molecule has 0 bridgehead atoms. The first kappa shape index (κ1) is 18.4. The predicted molar refractivity (Wildman–Crippen MR) is 103 cm³/mol. The number of benzene rings is 1. The molecule has 2 aliphatic heterocycles. The Morgan fingerprint density at radius 3 is 2.40 bits per heavy atom. The number of nitrogens with zero attached hydrogens (tertiary/aromatic N) is 2. The molecule has 4 nitrogen and oxygen atoms in total. The highest BCUT2D eigenvalue weighted by Crippen LogP contribution is 2.20. The Labute approximate surface area is 152 Å². The molecule has 1 aromatic carbocycles. The quantitative estimate of drug-likeness (QED) is 0.807. The molecule has 4 heteroatoms. The van der Waals surface area contributed by atoms with Crippen LogP contribution in [0.3, 0.4) is 0 Å². The van der Waals surface area contributed by atoms with Crippen molar-refractivity contribution in [2.24, 2.45) is 5.92 Å². The maximum atomic E-state index is 12.6. The SMILES string of the molecule is CN1CCN(C(=O)c2ccc(CCCCC3CCNCC3)cc2)CC1. The smallest absolute Gasteiger partial charge is 0.253 e. The lowest BCUT2D eigenvalue weighted by molar-refractivity contribution is 0.0664. The first-order valence-corrected chi connectivity index (χ1v) is 10.00. The van der Waals surface area contributed by atoms with E-state index in [-0.39, 0.29) is 5.91 Å². The molecule has 1 N–H and O–H groups in total. The number of nitrogens with one attached hydrogen (secondary N) is 1. The van der Waals surface area contributed by atoms with Crippen LogP contribution in [0.1, 0.15) is 48.0 Å². The van der Waals surface area contributed by atoms with Gasteiger partial charge in [0.05, 0.1) is 0 Å². The van der Waals surface area contributed by atoms with Crippen LogP contribution >= 0.6 is 0 Å². The first-order valence-electron chi connectivity index (χ1n) is 10.00. The van der Waals surface area contributed by atoms with E-state index in [0.29, 0.717) is 0 Å². The molecular formula is C21H33N3O. The lowest BCUT2D eigenvalue weighted by Gasteiger charge is -2.32. The number of hydrogen-bond donors (Lipinski definition) is 1. The van der Waals surface area contributed by atoms with Crippen LogP contribution < -0.4 is 5.32 Å². The Kier molecular flexibility index (Phi) is 6.88. The zero-order valence-corrected chi connectivity index (χ0v) is 15.7. The summed E-state index contributed by atoms with van der Waals surface area (Å²) >= 11 is 0. The van der Waals surface area contributed by atoms with Gasteiger partial charge in [0.1, 0.15) is 0 Å². The lowest BCUT2D eigenvalue weighted by Crippen LogP contribution is -2.47. The van der Waals surface area contributed by atoms with Crippen LogP contribution in [0.5, 0.6) is 0 Å². The molecule has 2 aliphatic rings. The average molecular weight is 344 g/mol. The third-order valence-electron chi connectivity index (χ3n) is 5.78. The summed E-state index contributed by atoms with van der Waals surface area (Å²) in [5.74, 6) is 1.12. The van der Waals surface area contributed by atoms with E-state index in [1.807, 2.05) is 17.0 Å². The van der Waals surface area contributed by atoms with Crippen molar-refractivity contribution >= 4 is 5.91 Å². The summed E-state index contributed by atoms with van der Waals surface area (Å²) in [6.07, 6.45) is 7.80. The zero-order valence-electron chi connectivity index (χ0n) is 15.7. The predicted octanol–water partition coefficient (Wildman–Crippen LogP) is 2.79. The van der Waals surface area contributed by atoms with Gasteiger partial charge in [-0.2, -0.15) is 0 Å². The molecule has 0 radical (unpaired) electrons. The van der Waals surface area contributed by atoms with Crippen LogP contribution in [0.15, 0.2) is 24.3 Å². The Balaban J connectivity index is 1.40. The Hall–Kier alpha value is -1.39. The standard InChI is InChI=1S/C21H33N3O/c1-23-14-16-24(17-15-23)21(25)20-8-6-18(7-9-20)4-2-3-5-19-10-12-22-13-11-19/h6-9,19,22H,2-5,10-17H2,1H3. The van der Waals surface area contributed by atoms with Gasteiger partial charge in [0.25, 0.3) is 5.91 Å². The number of amides is 1. The molecule has 25 heavy (non-hydrogen) atoms. The normalized spacial score (nSPS) is 20.0. The molecule has 2 heterocycles. The topological polar surface area (TPSA) is 35.6 Å². The maximum absolute atomic E-state index is 12.6. The number of piperidine rings is 1. The van der Waals surface area contributed by atoms with Crippen molar-refractivity contribution in [1.29, 1.82) is 0 Å². The summed E-state index contributed by atoms with van der Waals surface area (Å²) in [4.78, 5) is 16.8. The average Bonchev–Trinajstić information content (AvgIpc) is 2.67. The summed E-state index contributed by atoms with van der Waals surface area (Å²) in [5, 5.41) is 3.44. The number of likely N-dealkylation sites (N-methyl/N-ethyl adjacent to an activating group) is 1. The van der Waals surface area contributed by atoms with Crippen LogP contribution in [-0.4, -0.2) is 62.0 Å². The van der Waals surface area contributed by atoms with E-state index >= 15 is 0 Å². The molecular weight excluding hydrogens is 310 g/mol. The van der Waals surface area contributed by atoms with Crippen molar-refractivity contribution in [2.45, 2.75) is 38.5 Å². The van der Waals surface area contributed by atoms with Gasteiger partial charge in [-0.1, -0.05) is 25.0 Å². The number of carbonyl (C=O) groups is 1. The number of hydrogen-bond acceptors (Lipinski definition) is 3. The highest BCUT2D eigenvalue weighted by Gasteiger charge is 2.20. The second-order valence-electron chi connectivity index (χ2n) is 7.73. The van der Waals surface area contributed by atoms with E-state index in [1.54, 1.807) is 0 Å². The number of carbonyl (C=O) groups excluding carboxylic acids is 1. The summed E-state index contributed by atoms with van der Waals surface area (Å²) in [5.41, 5.74) is 2.20. The number of aryl methyl sites for hydroxylation is 1. The highest BCUT2D eigenvalue weighted by molar-refractivity contribution is 5.94. The number of piperazine rings is 1.